The molecule has 5 nitrogen and oxygen atoms in total. The standard InChI is InChI=1S/C24H24ClN3O2/c25-18-9-7-10-19(17-18)28-23-20-11-8-15-27-24(20)30-22-13-4-3-12-21(22)29-16-6-2-1-5-14-26-23/h3-4,7-13,15,17H,1-2,5-6,14,16H2,(H,26,28). The summed E-state index contributed by atoms with van der Waals surface area (Å²) in [5, 5.41) is 4.06. The van der Waals surface area contributed by atoms with E-state index in [1.807, 2.05) is 60.7 Å². The molecule has 0 spiro atoms. The van der Waals surface area contributed by atoms with Crippen LogP contribution in [-0.4, -0.2) is 24.0 Å². The van der Waals surface area contributed by atoms with E-state index in [1.54, 1.807) is 6.20 Å². The number of fused-ring (bicyclic) bond motifs is 2. The summed E-state index contributed by atoms with van der Waals surface area (Å²) in [6.45, 7) is 1.38. The van der Waals surface area contributed by atoms with Crippen molar-refractivity contribution >= 4 is 23.1 Å². The molecule has 6 heteroatoms. The maximum absolute atomic E-state index is 6.20. The Morgan fingerprint density at radius 2 is 1.73 bits per heavy atom. The lowest BCUT2D eigenvalue weighted by atomic mass is 10.2. The number of benzene rings is 2. The van der Waals surface area contributed by atoms with Gasteiger partial charge < -0.3 is 14.8 Å². The number of halogens is 1. The average Bonchev–Trinajstić information content (AvgIpc) is 2.76. The number of pyridine rings is 1. The van der Waals surface area contributed by atoms with Crippen LogP contribution in [0.15, 0.2) is 71.9 Å². The molecule has 0 unspecified atom stereocenters. The Labute approximate surface area is 181 Å². The first-order valence-corrected chi connectivity index (χ1v) is 10.6. The molecule has 0 amide bonds. The summed E-state index contributed by atoms with van der Waals surface area (Å²) < 4.78 is 12.2. The average molecular weight is 422 g/mol. The fourth-order valence-corrected chi connectivity index (χ4v) is 3.44. The van der Waals surface area contributed by atoms with Crippen LogP contribution in [0.5, 0.6) is 17.4 Å². The molecular weight excluding hydrogens is 398 g/mol. The van der Waals surface area contributed by atoms with Crippen molar-refractivity contribution in [2.45, 2.75) is 25.7 Å². The predicted molar refractivity (Wildman–Crippen MR) is 121 cm³/mol. The number of para-hydroxylation sites is 2. The fourth-order valence-electron chi connectivity index (χ4n) is 3.25. The van der Waals surface area contributed by atoms with Gasteiger partial charge in [-0.2, -0.15) is 0 Å². The summed E-state index contributed by atoms with van der Waals surface area (Å²) in [6.07, 6.45) is 5.93. The Bertz CT molecular complexity index is 1020. The highest BCUT2D eigenvalue weighted by Gasteiger charge is 2.15. The van der Waals surface area contributed by atoms with E-state index in [-0.39, 0.29) is 0 Å². The number of ether oxygens (including phenoxy) is 2. The van der Waals surface area contributed by atoms with Crippen molar-refractivity contribution in [2.24, 2.45) is 4.99 Å². The molecule has 0 saturated heterocycles. The van der Waals surface area contributed by atoms with E-state index in [1.165, 1.54) is 0 Å². The van der Waals surface area contributed by atoms with Crippen molar-refractivity contribution in [2.75, 3.05) is 18.5 Å². The van der Waals surface area contributed by atoms with Crippen LogP contribution in [0.2, 0.25) is 5.02 Å². The number of nitrogens with one attached hydrogen (secondary N) is 1. The number of hydrogen-bond acceptors (Lipinski definition) is 5. The van der Waals surface area contributed by atoms with Crippen LogP contribution in [0.4, 0.5) is 5.69 Å². The number of amidine groups is 1. The van der Waals surface area contributed by atoms with Gasteiger partial charge in [-0.25, -0.2) is 4.98 Å². The zero-order valence-electron chi connectivity index (χ0n) is 16.7. The number of aromatic nitrogens is 1. The molecule has 0 atom stereocenters. The molecule has 1 aliphatic rings. The molecule has 1 N–H and O–H groups in total. The Balaban J connectivity index is 1.72. The van der Waals surface area contributed by atoms with Gasteiger partial charge in [-0.1, -0.05) is 36.2 Å². The van der Waals surface area contributed by atoms with Gasteiger partial charge >= 0.3 is 0 Å². The number of aliphatic imine (C=N–C) groups is 1. The number of anilines is 1. The normalized spacial score (nSPS) is 14.8. The van der Waals surface area contributed by atoms with Crippen LogP contribution < -0.4 is 14.8 Å². The second-order valence-electron chi connectivity index (χ2n) is 7.03. The molecule has 0 fully saturated rings. The molecule has 3 aromatic rings. The molecule has 30 heavy (non-hydrogen) atoms. The second kappa shape index (κ2) is 10.1. The molecule has 1 aromatic heterocycles. The van der Waals surface area contributed by atoms with Crippen molar-refractivity contribution in [1.29, 1.82) is 0 Å². The summed E-state index contributed by atoms with van der Waals surface area (Å²) >= 11 is 6.17. The summed E-state index contributed by atoms with van der Waals surface area (Å²) in [4.78, 5) is 9.32. The zero-order valence-corrected chi connectivity index (χ0v) is 17.4. The molecule has 1 aliphatic heterocycles. The van der Waals surface area contributed by atoms with E-state index in [0.29, 0.717) is 41.4 Å². The Morgan fingerprint density at radius 1 is 0.867 bits per heavy atom. The molecule has 0 radical (unpaired) electrons. The maximum Gasteiger partial charge on any atom is 0.230 e. The summed E-state index contributed by atoms with van der Waals surface area (Å²) in [5.74, 6) is 2.53. The Kier molecular flexibility index (Phi) is 6.83. The lowest BCUT2D eigenvalue weighted by molar-refractivity contribution is 0.290. The van der Waals surface area contributed by atoms with Gasteiger partial charge in [-0.05, 0) is 61.7 Å². The number of hydrogen-bond donors (Lipinski definition) is 1. The molecule has 4 rings (SSSR count). The Hall–Kier alpha value is -3.05. The largest absolute Gasteiger partial charge is 0.490 e. The third-order valence-corrected chi connectivity index (χ3v) is 4.98. The molecule has 2 heterocycles. The van der Waals surface area contributed by atoms with Crippen molar-refractivity contribution < 1.29 is 9.47 Å². The van der Waals surface area contributed by atoms with Crippen molar-refractivity contribution in [3.8, 4) is 17.4 Å². The first-order chi connectivity index (χ1) is 14.8. The monoisotopic (exact) mass is 421 g/mol. The smallest absolute Gasteiger partial charge is 0.230 e. The van der Waals surface area contributed by atoms with Crippen molar-refractivity contribution in [1.82, 2.24) is 4.98 Å². The molecule has 154 valence electrons. The first-order valence-electron chi connectivity index (χ1n) is 10.2. The lowest BCUT2D eigenvalue weighted by Gasteiger charge is -2.17. The quantitative estimate of drug-likeness (QED) is 0.498. The zero-order chi connectivity index (χ0) is 20.6. The van der Waals surface area contributed by atoms with Crippen LogP contribution in [0.3, 0.4) is 0 Å². The molecular formula is C24H24ClN3O2. The van der Waals surface area contributed by atoms with Gasteiger partial charge in [-0.3, -0.25) is 4.99 Å². The topological polar surface area (TPSA) is 55.7 Å². The van der Waals surface area contributed by atoms with E-state index in [9.17, 15) is 0 Å². The molecule has 0 aliphatic carbocycles. The predicted octanol–water partition coefficient (Wildman–Crippen LogP) is 6.34. The number of nitrogens with zero attached hydrogens (tertiary/aromatic N) is 2. The highest BCUT2D eigenvalue weighted by atomic mass is 35.5. The first kappa shape index (κ1) is 20.2. The SMILES string of the molecule is Clc1cccc(NC2=NCCCCCCOc3ccccc3Oc3ncccc32)c1. The molecule has 0 bridgehead atoms. The van der Waals surface area contributed by atoms with Crippen LogP contribution in [0.1, 0.15) is 31.2 Å². The van der Waals surface area contributed by atoms with Gasteiger partial charge in [0.15, 0.2) is 11.5 Å². The molecule has 2 aromatic carbocycles. The van der Waals surface area contributed by atoms with E-state index in [4.69, 9.17) is 26.1 Å². The van der Waals surface area contributed by atoms with Gasteiger partial charge in [0.05, 0.1) is 12.2 Å². The van der Waals surface area contributed by atoms with Gasteiger partial charge in [0, 0.05) is 23.5 Å². The van der Waals surface area contributed by atoms with E-state index in [2.05, 4.69) is 10.3 Å². The Morgan fingerprint density at radius 3 is 2.63 bits per heavy atom. The van der Waals surface area contributed by atoms with Gasteiger partial charge in [0.1, 0.15) is 5.84 Å². The van der Waals surface area contributed by atoms with Crippen LogP contribution in [0, 0.1) is 0 Å². The van der Waals surface area contributed by atoms with Gasteiger partial charge in [0.25, 0.3) is 0 Å². The van der Waals surface area contributed by atoms with Gasteiger partial charge in [0.2, 0.25) is 5.88 Å². The maximum atomic E-state index is 6.20. The minimum absolute atomic E-state index is 0.471. The summed E-state index contributed by atoms with van der Waals surface area (Å²) in [6, 6.07) is 19.1. The second-order valence-corrected chi connectivity index (χ2v) is 7.47. The van der Waals surface area contributed by atoms with Crippen LogP contribution in [-0.2, 0) is 0 Å². The van der Waals surface area contributed by atoms with E-state index in [0.717, 1.165) is 36.9 Å². The van der Waals surface area contributed by atoms with Crippen LogP contribution >= 0.6 is 11.6 Å². The summed E-state index contributed by atoms with van der Waals surface area (Å²) in [7, 11) is 0. The number of rotatable bonds is 1. The minimum atomic E-state index is 0.471. The van der Waals surface area contributed by atoms with E-state index < -0.39 is 0 Å². The van der Waals surface area contributed by atoms with Crippen molar-refractivity contribution in [3.63, 3.8) is 0 Å². The summed E-state index contributed by atoms with van der Waals surface area (Å²) in [5.41, 5.74) is 1.64. The van der Waals surface area contributed by atoms with Crippen LogP contribution in [0.25, 0.3) is 0 Å². The molecule has 0 saturated carbocycles. The minimum Gasteiger partial charge on any atom is -0.490 e. The fraction of sp³-hybridized carbons (Fsp3) is 0.250. The lowest BCUT2D eigenvalue weighted by Crippen LogP contribution is -2.16. The highest BCUT2D eigenvalue weighted by Crippen LogP contribution is 2.32. The van der Waals surface area contributed by atoms with Gasteiger partial charge in [-0.15, -0.1) is 0 Å². The third kappa shape index (κ3) is 5.30. The van der Waals surface area contributed by atoms with Crippen molar-refractivity contribution in [3.05, 3.63) is 77.4 Å². The highest BCUT2D eigenvalue weighted by molar-refractivity contribution is 6.31. The van der Waals surface area contributed by atoms with E-state index >= 15 is 0 Å². The third-order valence-electron chi connectivity index (χ3n) is 4.75.